The number of hydrogen-bond acceptors (Lipinski definition) is 8. The molecular weight excluding hydrogens is 470 g/mol. The highest BCUT2D eigenvalue weighted by molar-refractivity contribution is 8.14. The molecule has 0 fully saturated rings. The van der Waals surface area contributed by atoms with Gasteiger partial charge >= 0.3 is 0 Å². The zero-order valence-electron chi connectivity index (χ0n) is 18.4. The largest absolute Gasteiger partial charge is 0.469 e. The van der Waals surface area contributed by atoms with Crippen LogP contribution in [0, 0.1) is 24.2 Å². The van der Waals surface area contributed by atoms with Crippen molar-refractivity contribution >= 4 is 50.8 Å². The third-order valence-electron chi connectivity index (χ3n) is 5.15. The molecule has 0 saturated carbocycles. The predicted octanol–water partition coefficient (Wildman–Crippen LogP) is 4.96. The SMILES string of the molecule is CC1=C(C(=O)Nc2nccs2)[C@H](c2ccco2)C(C#N)C(SCC(=O)Nc2ccc(C)cc2)=N1. The fraction of sp³-hybridized carbons (Fsp3) is 0.208. The number of rotatable bonds is 6. The number of aromatic nitrogens is 1. The van der Waals surface area contributed by atoms with Gasteiger partial charge in [-0.3, -0.25) is 14.9 Å². The average Bonchev–Trinajstić information content (AvgIpc) is 3.53. The van der Waals surface area contributed by atoms with Gasteiger partial charge in [0, 0.05) is 23.0 Å². The zero-order chi connectivity index (χ0) is 24.1. The lowest BCUT2D eigenvalue weighted by Crippen LogP contribution is -2.31. The minimum atomic E-state index is -0.788. The quantitative estimate of drug-likeness (QED) is 0.503. The van der Waals surface area contributed by atoms with E-state index in [1.807, 2.05) is 31.2 Å². The second-order valence-electron chi connectivity index (χ2n) is 7.54. The first-order chi connectivity index (χ1) is 16.5. The first kappa shape index (κ1) is 23.5. The molecule has 1 aromatic carbocycles. The molecule has 2 N–H and O–H groups in total. The molecule has 3 heterocycles. The average molecular weight is 492 g/mol. The molecule has 0 spiro atoms. The fourth-order valence-corrected chi connectivity index (χ4v) is 5.03. The lowest BCUT2D eigenvalue weighted by Gasteiger charge is -2.28. The maximum absolute atomic E-state index is 13.1. The van der Waals surface area contributed by atoms with Gasteiger partial charge in [-0.1, -0.05) is 29.5 Å². The topological polar surface area (TPSA) is 120 Å². The number of amides is 2. The Morgan fingerprint density at radius 1 is 1.21 bits per heavy atom. The molecule has 34 heavy (non-hydrogen) atoms. The van der Waals surface area contributed by atoms with E-state index in [-0.39, 0.29) is 17.6 Å². The Labute approximate surface area is 204 Å². The number of benzene rings is 1. The number of allylic oxidation sites excluding steroid dienone is 1. The van der Waals surface area contributed by atoms with E-state index in [0.717, 1.165) is 5.56 Å². The molecule has 8 nitrogen and oxygen atoms in total. The zero-order valence-corrected chi connectivity index (χ0v) is 20.1. The summed E-state index contributed by atoms with van der Waals surface area (Å²) < 4.78 is 5.61. The highest BCUT2D eigenvalue weighted by Crippen LogP contribution is 2.41. The number of thiazole rings is 1. The summed E-state index contributed by atoms with van der Waals surface area (Å²) in [5.74, 6) is -1.50. The van der Waals surface area contributed by atoms with Crippen molar-refractivity contribution in [3.63, 3.8) is 0 Å². The van der Waals surface area contributed by atoms with Gasteiger partial charge in [0.25, 0.3) is 5.91 Å². The maximum atomic E-state index is 13.1. The summed E-state index contributed by atoms with van der Waals surface area (Å²) in [5.41, 5.74) is 2.60. The fourth-order valence-electron chi connectivity index (χ4n) is 3.58. The molecule has 4 rings (SSSR count). The standard InChI is InChI=1S/C24H21N5O3S2/c1-14-5-7-16(8-6-14)28-19(30)13-34-23-17(12-25)21(18-4-3-10-32-18)20(15(2)27-23)22(31)29-24-26-9-11-33-24/h3-11,17,21H,13H2,1-2H3,(H,28,30)(H,26,29,31)/t17?,21-/m0/s1. The summed E-state index contributed by atoms with van der Waals surface area (Å²) >= 11 is 2.48. The van der Waals surface area contributed by atoms with E-state index in [1.165, 1.54) is 29.4 Å². The highest BCUT2D eigenvalue weighted by atomic mass is 32.2. The second kappa shape index (κ2) is 10.5. The van der Waals surface area contributed by atoms with Gasteiger partial charge in [-0.2, -0.15) is 5.26 Å². The van der Waals surface area contributed by atoms with Crippen LogP contribution in [0.3, 0.4) is 0 Å². The van der Waals surface area contributed by atoms with Crippen LogP contribution in [-0.2, 0) is 9.59 Å². The first-order valence-electron chi connectivity index (χ1n) is 10.4. The summed E-state index contributed by atoms with van der Waals surface area (Å²) in [4.78, 5) is 34.3. The molecule has 2 atom stereocenters. The van der Waals surface area contributed by atoms with Crippen LogP contribution in [0.15, 0.2) is 74.9 Å². The number of nitrogens with zero attached hydrogens (tertiary/aromatic N) is 3. The number of nitriles is 1. The number of carbonyl (C=O) groups excluding carboxylic acids is 2. The van der Waals surface area contributed by atoms with Gasteiger partial charge in [-0.15, -0.1) is 11.3 Å². The number of thioether (sulfide) groups is 1. The highest BCUT2D eigenvalue weighted by Gasteiger charge is 2.40. The van der Waals surface area contributed by atoms with Gasteiger partial charge in [0.2, 0.25) is 5.91 Å². The summed E-state index contributed by atoms with van der Waals surface area (Å²) in [6.07, 6.45) is 3.10. The number of nitrogens with one attached hydrogen (secondary N) is 2. The van der Waals surface area contributed by atoms with Crippen molar-refractivity contribution < 1.29 is 14.0 Å². The Balaban J connectivity index is 1.57. The van der Waals surface area contributed by atoms with Crippen molar-refractivity contribution in [1.29, 1.82) is 5.26 Å². The summed E-state index contributed by atoms with van der Waals surface area (Å²) in [6, 6.07) is 13.2. The number of aliphatic imine (C=N–C) groups is 1. The van der Waals surface area contributed by atoms with E-state index >= 15 is 0 Å². The van der Waals surface area contributed by atoms with Crippen molar-refractivity contribution in [3.8, 4) is 6.07 Å². The molecule has 172 valence electrons. The Hall–Kier alpha value is -3.68. The second-order valence-corrected chi connectivity index (χ2v) is 9.43. The molecule has 2 aromatic heterocycles. The van der Waals surface area contributed by atoms with Gasteiger partial charge in [0.15, 0.2) is 5.13 Å². The van der Waals surface area contributed by atoms with Crippen LogP contribution in [0.25, 0.3) is 0 Å². The Bertz CT molecular complexity index is 1270. The lowest BCUT2D eigenvalue weighted by atomic mass is 9.81. The third kappa shape index (κ3) is 5.27. The lowest BCUT2D eigenvalue weighted by molar-refractivity contribution is -0.114. The van der Waals surface area contributed by atoms with E-state index in [9.17, 15) is 14.9 Å². The maximum Gasteiger partial charge on any atom is 0.256 e. The van der Waals surface area contributed by atoms with Crippen LogP contribution >= 0.6 is 23.1 Å². The molecule has 3 aromatic rings. The van der Waals surface area contributed by atoms with Crippen molar-refractivity contribution in [2.75, 3.05) is 16.4 Å². The van der Waals surface area contributed by atoms with Gasteiger partial charge in [0.1, 0.15) is 11.7 Å². The number of furan rings is 1. The van der Waals surface area contributed by atoms with Crippen molar-refractivity contribution in [2.24, 2.45) is 10.9 Å². The van der Waals surface area contributed by atoms with E-state index < -0.39 is 11.8 Å². The van der Waals surface area contributed by atoms with Crippen LogP contribution in [0.5, 0.6) is 0 Å². The van der Waals surface area contributed by atoms with E-state index in [1.54, 1.807) is 30.6 Å². The normalized spacial score (nSPS) is 17.6. The van der Waals surface area contributed by atoms with Crippen LogP contribution in [0.1, 0.15) is 24.2 Å². The summed E-state index contributed by atoms with van der Waals surface area (Å²) in [6.45, 7) is 3.69. The van der Waals surface area contributed by atoms with Crippen LogP contribution in [0.4, 0.5) is 10.8 Å². The monoisotopic (exact) mass is 491 g/mol. The van der Waals surface area contributed by atoms with Crippen molar-refractivity contribution in [2.45, 2.75) is 19.8 Å². The Morgan fingerprint density at radius 2 is 2.00 bits per heavy atom. The minimum Gasteiger partial charge on any atom is -0.469 e. The van der Waals surface area contributed by atoms with Gasteiger partial charge in [-0.05, 0) is 38.1 Å². The van der Waals surface area contributed by atoms with Crippen LogP contribution in [-0.4, -0.2) is 27.6 Å². The first-order valence-corrected chi connectivity index (χ1v) is 12.3. The molecule has 2 amide bonds. The van der Waals surface area contributed by atoms with Crippen molar-refractivity contribution in [3.05, 3.63) is 76.8 Å². The molecule has 0 radical (unpaired) electrons. The van der Waals surface area contributed by atoms with E-state index in [4.69, 9.17) is 4.42 Å². The molecule has 1 aliphatic rings. The molecular formula is C24H21N5O3S2. The number of carbonyl (C=O) groups is 2. The Kier molecular flexibility index (Phi) is 7.25. The summed E-state index contributed by atoms with van der Waals surface area (Å²) in [7, 11) is 0. The number of anilines is 2. The summed E-state index contributed by atoms with van der Waals surface area (Å²) in [5, 5.41) is 18.3. The van der Waals surface area contributed by atoms with Crippen molar-refractivity contribution in [1.82, 2.24) is 4.98 Å². The molecule has 0 saturated heterocycles. The van der Waals surface area contributed by atoms with E-state index in [0.29, 0.717) is 32.9 Å². The molecule has 0 aliphatic carbocycles. The smallest absolute Gasteiger partial charge is 0.256 e. The minimum absolute atomic E-state index is 0.0731. The van der Waals surface area contributed by atoms with Gasteiger partial charge < -0.3 is 9.73 Å². The number of hydrogen-bond donors (Lipinski definition) is 2. The molecule has 0 bridgehead atoms. The Morgan fingerprint density at radius 3 is 2.65 bits per heavy atom. The van der Waals surface area contributed by atoms with E-state index in [2.05, 4.69) is 26.7 Å². The predicted molar refractivity (Wildman–Crippen MR) is 134 cm³/mol. The van der Waals surface area contributed by atoms with Crippen LogP contribution < -0.4 is 10.6 Å². The third-order valence-corrected chi connectivity index (χ3v) is 6.89. The van der Waals surface area contributed by atoms with Crippen LogP contribution in [0.2, 0.25) is 0 Å². The molecule has 1 aliphatic heterocycles. The molecule has 10 heteroatoms. The molecule has 1 unspecified atom stereocenters. The number of aryl methyl sites for hydroxylation is 1. The van der Waals surface area contributed by atoms with Gasteiger partial charge in [0.05, 0.1) is 34.6 Å². The van der Waals surface area contributed by atoms with Gasteiger partial charge in [-0.25, -0.2) is 9.98 Å².